The van der Waals surface area contributed by atoms with E-state index in [-0.39, 0.29) is 12.4 Å². The number of carbonyl (C=O) groups is 1. The highest BCUT2D eigenvalue weighted by molar-refractivity contribution is 14.1. The zero-order valence-corrected chi connectivity index (χ0v) is 11.4. The predicted octanol–water partition coefficient (Wildman–Crippen LogP) is 2.58. The molecular formula is C12H12INO2. The molecule has 0 aliphatic rings. The first-order chi connectivity index (χ1) is 7.60. The summed E-state index contributed by atoms with van der Waals surface area (Å²) in [6, 6.07) is 5.72. The lowest BCUT2D eigenvalue weighted by Gasteiger charge is -2.09. The highest BCUT2D eigenvalue weighted by atomic mass is 127. The zero-order chi connectivity index (χ0) is 12.1. The number of carbonyl (C=O) groups excluding carboxylic acids is 1. The van der Waals surface area contributed by atoms with Crippen LogP contribution in [0.25, 0.3) is 0 Å². The summed E-state index contributed by atoms with van der Waals surface area (Å²) in [6.07, 6.45) is 0.166. The van der Waals surface area contributed by atoms with Gasteiger partial charge in [-0.05, 0) is 59.7 Å². The largest absolute Gasteiger partial charge is 0.466 e. The van der Waals surface area contributed by atoms with Crippen molar-refractivity contribution in [3.8, 4) is 6.07 Å². The van der Waals surface area contributed by atoms with Gasteiger partial charge in [-0.1, -0.05) is 0 Å². The Kier molecular flexibility index (Phi) is 4.74. The van der Waals surface area contributed by atoms with Crippen LogP contribution in [0.3, 0.4) is 0 Å². The number of esters is 1. The van der Waals surface area contributed by atoms with Crippen LogP contribution in [-0.4, -0.2) is 12.6 Å². The van der Waals surface area contributed by atoms with Crippen molar-refractivity contribution in [3.63, 3.8) is 0 Å². The first kappa shape index (κ1) is 13.0. The van der Waals surface area contributed by atoms with Gasteiger partial charge in [0.2, 0.25) is 0 Å². The van der Waals surface area contributed by atoms with E-state index in [4.69, 9.17) is 10.00 Å². The molecule has 0 N–H and O–H groups in total. The molecule has 0 heterocycles. The third-order valence-electron chi connectivity index (χ3n) is 2.28. The van der Waals surface area contributed by atoms with Crippen LogP contribution in [0.2, 0.25) is 0 Å². The minimum Gasteiger partial charge on any atom is -0.466 e. The van der Waals surface area contributed by atoms with Crippen molar-refractivity contribution in [2.24, 2.45) is 0 Å². The molecule has 0 atom stereocenters. The lowest BCUT2D eigenvalue weighted by atomic mass is 10.00. The molecule has 0 radical (unpaired) electrons. The minimum absolute atomic E-state index is 0.166. The summed E-state index contributed by atoms with van der Waals surface area (Å²) in [7, 11) is 0. The molecule has 0 saturated carbocycles. The molecule has 3 nitrogen and oxygen atoms in total. The van der Waals surface area contributed by atoms with Crippen molar-refractivity contribution in [1.29, 1.82) is 5.26 Å². The SMILES string of the molecule is CCOC(=O)Cc1c(C#N)ccc(I)c1C. The number of nitrogens with zero attached hydrogens (tertiary/aromatic N) is 1. The number of ether oxygens (including phenoxy) is 1. The molecular weight excluding hydrogens is 317 g/mol. The van der Waals surface area contributed by atoms with Crippen molar-refractivity contribution in [3.05, 3.63) is 32.4 Å². The lowest BCUT2D eigenvalue weighted by molar-refractivity contribution is -0.142. The molecule has 4 heteroatoms. The maximum Gasteiger partial charge on any atom is 0.310 e. The Morgan fingerprint density at radius 2 is 2.25 bits per heavy atom. The number of rotatable bonds is 3. The van der Waals surface area contributed by atoms with E-state index in [2.05, 4.69) is 28.7 Å². The topological polar surface area (TPSA) is 50.1 Å². The van der Waals surface area contributed by atoms with Gasteiger partial charge in [-0.2, -0.15) is 5.26 Å². The Bertz CT molecular complexity index is 449. The predicted molar refractivity (Wildman–Crippen MR) is 68.9 cm³/mol. The average molecular weight is 329 g/mol. The Labute approximate surface area is 109 Å². The number of nitriles is 1. The van der Waals surface area contributed by atoms with E-state index in [1.807, 2.05) is 13.0 Å². The molecule has 84 valence electrons. The molecule has 16 heavy (non-hydrogen) atoms. The second-order valence-corrected chi connectivity index (χ2v) is 4.45. The minimum atomic E-state index is -0.288. The van der Waals surface area contributed by atoms with Crippen molar-refractivity contribution >= 4 is 28.6 Å². The molecule has 0 spiro atoms. The Hall–Kier alpha value is -1.09. The van der Waals surface area contributed by atoms with E-state index in [9.17, 15) is 4.79 Å². The Morgan fingerprint density at radius 1 is 1.56 bits per heavy atom. The van der Waals surface area contributed by atoms with Gasteiger partial charge in [0.1, 0.15) is 0 Å². The Balaban J connectivity index is 3.07. The van der Waals surface area contributed by atoms with Gasteiger partial charge in [-0.25, -0.2) is 0 Å². The van der Waals surface area contributed by atoms with Crippen molar-refractivity contribution in [1.82, 2.24) is 0 Å². The van der Waals surface area contributed by atoms with Crippen LogP contribution >= 0.6 is 22.6 Å². The van der Waals surface area contributed by atoms with Crippen molar-refractivity contribution in [2.75, 3.05) is 6.61 Å². The molecule has 0 bridgehead atoms. The first-order valence-electron chi connectivity index (χ1n) is 4.93. The van der Waals surface area contributed by atoms with Crippen LogP contribution in [0.15, 0.2) is 12.1 Å². The molecule has 0 fully saturated rings. The number of hydrogen-bond acceptors (Lipinski definition) is 3. The van der Waals surface area contributed by atoms with Crippen LogP contribution < -0.4 is 0 Å². The molecule has 1 aromatic rings. The monoisotopic (exact) mass is 329 g/mol. The average Bonchev–Trinajstić information content (AvgIpc) is 2.25. The van der Waals surface area contributed by atoms with E-state index in [0.29, 0.717) is 12.2 Å². The van der Waals surface area contributed by atoms with Crippen LogP contribution in [0.4, 0.5) is 0 Å². The zero-order valence-electron chi connectivity index (χ0n) is 9.21. The maximum atomic E-state index is 11.4. The summed E-state index contributed by atoms with van der Waals surface area (Å²) >= 11 is 2.19. The summed E-state index contributed by atoms with van der Waals surface area (Å²) in [6.45, 7) is 4.05. The third-order valence-corrected chi connectivity index (χ3v) is 3.45. The highest BCUT2D eigenvalue weighted by Gasteiger charge is 2.13. The van der Waals surface area contributed by atoms with E-state index in [1.54, 1.807) is 13.0 Å². The number of halogens is 1. The summed E-state index contributed by atoms with van der Waals surface area (Å²) in [5.41, 5.74) is 2.30. The summed E-state index contributed by atoms with van der Waals surface area (Å²) < 4.78 is 5.94. The van der Waals surface area contributed by atoms with Gasteiger partial charge in [0.15, 0.2) is 0 Å². The molecule has 1 rings (SSSR count). The van der Waals surface area contributed by atoms with Gasteiger partial charge >= 0.3 is 5.97 Å². The molecule has 0 aromatic heterocycles. The van der Waals surface area contributed by atoms with E-state index in [1.165, 1.54) is 0 Å². The van der Waals surface area contributed by atoms with Crippen LogP contribution in [0, 0.1) is 21.8 Å². The quantitative estimate of drug-likeness (QED) is 0.633. The molecule has 1 aromatic carbocycles. The van der Waals surface area contributed by atoms with Gasteiger partial charge in [0, 0.05) is 3.57 Å². The van der Waals surface area contributed by atoms with Gasteiger partial charge in [0.25, 0.3) is 0 Å². The molecule has 0 aliphatic carbocycles. The summed E-state index contributed by atoms with van der Waals surface area (Å²) in [5, 5.41) is 8.97. The molecule has 0 saturated heterocycles. The third kappa shape index (κ3) is 2.95. The van der Waals surface area contributed by atoms with E-state index >= 15 is 0 Å². The maximum absolute atomic E-state index is 11.4. The fourth-order valence-corrected chi connectivity index (χ4v) is 1.92. The number of benzene rings is 1. The van der Waals surface area contributed by atoms with Crippen molar-refractivity contribution < 1.29 is 9.53 Å². The summed E-state index contributed by atoms with van der Waals surface area (Å²) in [4.78, 5) is 11.4. The first-order valence-corrected chi connectivity index (χ1v) is 6.01. The van der Waals surface area contributed by atoms with Crippen LogP contribution in [0.5, 0.6) is 0 Å². The van der Waals surface area contributed by atoms with E-state index < -0.39 is 0 Å². The second-order valence-electron chi connectivity index (χ2n) is 3.29. The smallest absolute Gasteiger partial charge is 0.310 e. The standard InChI is InChI=1S/C12H12INO2/c1-3-16-12(15)6-10-8(2)11(13)5-4-9(10)7-14/h4-5H,3,6H2,1-2H3. The second kappa shape index (κ2) is 5.85. The highest BCUT2D eigenvalue weighted by Crippen LogP contribution is 2.20. The lowest BCUT2D eigenvalue weighted by Crippen LogP contribution is -2.10. The van der Waals surface area contributed by atoms with Gasteiger partial charge in [-0.15, -0.1) is 0 Å². The van der Waals surface area contributed by atoms with Gasteiger partial charge < -0.3 is 4.74 Å². The number of hydrogen-bond donors (Lipinski definition) is 0. The van der Waals surface area contributed by atoms with Crippen LogP contribution in [-0.2, 0) is 16.0 Å². The molecule has 0 aliphatic heterocycles. The summed E-state index contributed by atoms with van der Waals surface area (Å²) in [5.74, 6) is -0.288. The molecule has 0 amide bonds. The Morgan fingerprint density at radius 3 is 2.81 bits per heavy atom. The fraction of sp³-hybridized carbons (Fsp3) is 0.333. The van der Waals surface area contributed by atoms with Gasteiger partial charge in [0.05, 0.1) is 24.7 Å². The van der Waals surface area contributed by atoms with Crippen LogP contribution in [0.1, 0.15) is 23.6 Å². The van der Waals surface area contributed by atoms with Gasteiger partial charge in [-0.3, -0.25) is 4.79 Å². The van der Waals surface area contributed by atoms with E-state index in [0.717, 1.165) is 14.7 Å². The fourth-order valence-electron chi connectivity index (χ4n) is 1.42. The normalized spacial score (nSPS) is 9.62. The van der Waals surface area contributed by atoms with Crippen molar-refractivity contribution in [2.45, 2.75) is 20.3 Å². The molecule has 0 unspecified atom stereocenters.